The Morgan fingerprint density at radius 3 is 3.07 bits per heavy atom. The fourth-order valence-electron chi connectivity index (χ4n) is 0.828. The zero-order valence-electron chi connectivity index (χ0n) is 7.90. The number of anilines is 1. The van der Waals surface area contributed by atoms with E-state index in [2.05, 4.69) is 33.0 Å². The van der Waals surface area contributed by atoms with Crippen molar-refractivity contribution in [2.45, 2.75) is 5.50 Å². The third-order valence-electron chi connectivity index (χ3n) is 1.47. The van der Waals surface area contributed by atoms with Gasteiger partial charge in [-0.25, -0.2) is 9.78 Å². The van der Waals surface area contributed by atoms with Crippen LogP contribution < -0.4 is 10.6 Å². The van der Waals surface area contributed by atoms with Crippen molar-refractivity contribution in [3.63, 3.8) is 0 Å². The molecule has 0 radical (unpaired) electrons. The summed E-state index contributed by atoms with van der Waals surface area (Å²) in [7, 11) is 1.27. The second-order valence-electron chi connectivity index (χ2n) is 2.52. The number of methoxy groups -OCH3 is 1. The number of carbonyl (C=O) groups excluding carboxylic acids is 1. The molecule has 1 aromatic heterocycles. The first-order valence-electron chi connectivity index (χ1n) is 4.03. The maximum absolute atomic E-state index is 10.8. The third-order valence-corrected chi connectivity index (χ3v) is 2.04. The quantitative estimate of drug-likeness (QED) is 0.562. The molecule has 2 N–H and O–H groups in total. The lowest BCUT2D eigenvalue weighted by atomic mass is 10.4. The average molecular weight is 248 g/mol. The minimum atomic E-state index is -0.621. The van der Waals surface area contributed by atoms with Gasteiger partial charge in [-0.15, -0.1) is 12.6 Å². The Bertz CT molecular complexity index is 350. The SMILES string of the molecule is COC(=O)NC(S)Nc1ncccc1Cl. The number of nitrogens with one attached hydrogen (secondary N) is 2. The molecule has 0 bridgehead atoms. The van der Waals surface area contributed by atoms with Gasteiger partial charge >= 0.3 is 6.09 Å². The van der Waals surface area contributed by atoms with E-state index in [1.807, 2.05) is 0 Å². The summed E-state index contributed by atoms with van der Waals surface area (Å²) < 4.78 is 4.40. The van der Waals surface area contributed by atoms with Gasteiger partial charge in [-0.2, -0.15) is 0 Å². The summed E-state index contributed by atoms with van der Waals surface area (Å²) in [4.78, 5) is 14.8. The van der Waals surface area contributed by atoms with E-state index in [1.165, 1.54) is 7.11 Å². The van der Waals surface area contributed by atoms with Crippen LogP contribution in [0.5, 0.6) is 0 Å². The molecule has 0 spiro atoms. The second kappa shape index (κ2) is 5.67. The summed E-state index contributed by atoms with van der Waals surface area (Å²) in [6, 6.07) is 3.38. The number of hydrogen-bond acceptors (Lipinski definition) is 5. The van der Waals surface area contributed by atoms with Crippen molar-refractivity contribution in [3.8, 4) is 0 Å². The van der Waals surface area contributed by atoms with Gasteiger partial charge in [0, 0.05) is 6.20 Å². The van der Waals surface area contributed by atoms with Crippen molar-refractivity contribution in [1.29, 1.82) is 0 Å². The minimum Gasteiger partial charge on any atom is -0.453 e. The molecule has 15 heavy (non-hydrogen) atoms. The van der Waals surface area contributed by atoms with E-state index >= 15 is 0 Å². The highest BCUT2D eigenvalue weighted by molar-refractivity contribution is 7.81. The van der Waals surface area contributed by atoms with Gasteiger partial charge in [0.05, 0.1) is 12.1 Å². The maximum atomic E-state index is 10.8. The highest BCUT2D eigenvalue weighted by Crippen LogP contribution is 2.18. The molecule has 0 aromatic carbocycles. The van der Waals surface area contributed by atoms with Gasteiger partial charge in [-0.3, -0.25) is 5.32 Å². The van der Waals surface area contributed by atoms with Crippen LogP contribution in [0.3, 0.4) is 0 Å². The molecule has 7 heteroatoms. The number of alkyl carbamates (subject to hydrolysis) is 1. The van der Waals surface area contributed by atoms with Crippen LogP contribution in [0.15, 0.2) is 18.3 Å². The second-order valence-corrected chi connectivity index (χ2v) is 3.44. The summed E-state index contributed by atoms with van der Waals surface area (Å²) in [6.07, 6.45) is 0.988. The lowest BCUT2D eigenvalue weighted by molar-refractivity contribution is 0.171. The largest absolute Gasteiger partial charge is 0.453 e. The number of pyridine rings is 1. The van der Waals surface area contributed by atoms with E-state index < -0.39 is 11.6 Å². The molecule has 5 nitrogen and oxygen atoms in total. The Kier molecular flexibility index (Phi) is 4.51. The molecular formula is C8H10ClN3O2S. The Morgan fingerprint density at radius 2 is 2.47 bits per heavy atom. The van der Waals surface area contributed by atoms with E-state index in [-0.39, 0.29) is 0 Å². The van der Waals surface area contributed by atoms with Crippen LogP contribution >= 0.6 is 24.2 Å². The van der Waals surface area contributed by atoms with Gasteiger partial charge in [-0.05, 0) is 12.1 Å². The first-order valence-corrected chi connectivity index (χ1v) is 4.92. The Hall–Kier alpha value is -1.14. The number of halogens is 1. The van der Waals surface area contributed by atoms with Gasteiger partial charge in [-0.1, -0.05) is 11.6 Å². The Morgan fingerprint density at radius 1 is 1.73 bits per heavy atom. The molecule has 0 saturated heterocycles. The van der Waals surface area contributed by atoms with Crippen LogP contribution in [-0.2, 0) is 4.74 Å². The number of ether oxygens (including phenoxy) is 1. The highest BCUT2D eigenvalue weighted by Gasteiger charge is 2.09. The van der Waals surface area contributed by atoms with Crippen LogP contribution in [0.2, 0.25) is 5.02 Å². The van der Waals surface area contributed by atoms with Gasteiger partial charge in [0.25, 0.3) is 0 Å². The predicted molar refractivity (Wildman–Crippen MR) is 61.2 cm³/mol. The summed E-state index contributed by atoms with van der Waals surface area (Å²) in [5.74, 6) is 0.440. The fourth-order valence-corrected chi connectivity index (χ4v) is 1.23. The number of hydrogen-bond donors (Lipinski definition) is 3. The molecule has 82 valence electrons. The number of amides is 1. The lowest BCUT2D eigenvalue weighted by Crippen LogP contribution is -2.36. The van der Waals surface area contributed by atoms with Crippen LogP contribution in [0.25, 0.3) is 0 Å². The zero-order valence-corrected chi connectivity index (χ0v) is 9.55. The lowest BCUT2D eigenvalue weighted by Gasteiger charge is -2.14. The van der Waals surface area contributed by atoms with E-state index in [4.69, 9.17) is 11.6 Å². The fraction of sp³-hybridized carbons (Fsp3) is 0.250. The van der Waals surface area contributed by atoms with Gasteiger partial charge in [0.1, 0.15) is 11.3 Å². The molecule has 1 amide bonds. The monoisotopic (exact) mass is 247 g/mol. The Labute approximate surface area is 97.6 Å². The summed E-state index contributed by atoms with van der Waals surface area (Å²) in [5.41, 5.74) is -0.621. The standard InChI is InChI=1S/C8H10ClN3O2S/c1-14-8(13)12-7(15)11-6-5(9)3-2-4-10-6/h2-4,7,15H,1H3,(H,10,11)(H,12,13). The van der Waals surface area contributed by atoms with Crippen molar-refractivity contribution >= 4 is 36.1 Å². The number of carbonyl (C=O) groups is 1. The minimum absolute atomic E-state index is 0.440. The van der Waals surface area contributed by atoms with Crippen molar-refractivity contribution in [3.05, 3.63) is 23.4 Å². The van der Waals surface area contributed by atoms with Gasteiger partial charge in [0.2, 0.25) is 0 Å². The maximum Gasteiger partial charge on any atom is 0.409 e. The van der Waals surface area contributed by atoms with E-state index in [0.29, 0.717) is 10.8 Å². The molecule has 0 aliphatic rings. The molecule has 0 aliphatic carbocycles. The number of nitrogens with zero attached hydrogens (tertiary/aromatic N) is 1. The van der Waals surface area contributed by atoms with Crippen LogP contribution in [0.1, 0.15) is 0 Å². The average Bonchev–Trinajstić information content (AvgIpc) is 2.21. The van der Waals surface area contributed by atoms with Crippen LogP contribution in [0.4, 0.5) is 10.6 Å². The summed E-state index contributed by atoms with van der Waals surface area (Å²) in [5, 5.41) is 5.63. The summed E-state index contributed by atoms with van der Waals surface area (Å²) >= 11 is 9.90. The van der Waals surface area contributed by atoms with Crippen molar-refractivity contribution in [2.24, 2.45) is 0 Å². The molecule has 0 saturated carbocycles. The van der Waals surface area contributed by atoms with Crippen molar-refractivity contribution in [1.82, 2.24) is 10.3 Å². The van der Waals surface area contributed by atoms with E-state index in [1.54, 1.807) is 18.3 Å². The predicted octanol–water partition coefficient (Wildman–Crippen LogP) is 1.72. The van der Waals surface area contributed by atoms with E-state index in [0.717, 1.165) is 0 Å². The van der Waals surface area contributed by atoms with E-state index in [9.17, 15) is 4.79 Å². The topological polar surface area (TPSA) is 63.2 Å². The van der Waals surface area contributed by atoms with Crippen LogP contribution in [-0.4, -0.2) is 23.7 Å². The van der Waals surface area contributed by atoms with Crippen molar-refractivity contribution in [2.75, 3.05) is 12.4 Å². The number of thiol groups is 1. The van der Waals surface area contributed by atoms with Crippen LogP contribution in [0, 0.1) is 0 Å². The normalized spacial score (nSPS) is 11.7. The molecule has 0 fully saturated rings. The molecule has 1 heterocycles. The molecule has 1 atom stereocenters. The molecule has 1 unspecified atom stereocenters. The molecule has 1 rings (SSSR count). The first-order chi connectivity index (χ1) is 7.13. The molecule has 0 aliphatic heterocycles. The van der Waals surface area contributed by atoms with Crippen molar-refractivity contribution < 1.29 is 9.53 Å². The zero-order chi connectivity index (χ0) is 11.3. The number of aromatic nitrogens is 1. The smallest absolute Gasteiger partial charge is 0.409 e. The molecule has 1 aromatic rings. The Balaban J connectivity index is 2.55. The first kappa shape index (κ1) is 11.9. The molecular weight excluding hydrogens is 238 g/mol. The van der Waals surface area contributed by atoms with Gasteiger partial charge < -0.3 is 10.1 Å². The third kappa shape index (κ3) is 3.85. The number of rotatable bonds is 3. The highest BCUT2D eigenvalue weighted by atomic mass is 35.5. The van der Waals surface area contributed by atoms with Gasteiger partial charge in [0.15, 0.2) is 0 Å². The summed E-state index contributed by atoms with van der Waals surface area (Å²) in [6.45, 7) is 0.